The predicted octanol–water partition coefficient (Wildman–Crippen LogP) is 4.09. The van der Waals surface area contributed by atoms with Crippen LogP contribution >= 0.6 is 0 Å². The third kappa shape index (κ3) is 7.66. The van der Waals surface area contributed by atoms with Crippen molar-refractivity contribution in [1.29, 1.82) is 0 Å². The summed E-state index contributed by atoms with van der Waals surface area (Å²) in [6.45, 7) is 5.61. The molecular weight excluding hydrogens is 380 g/mol. The van der Waals surface area contributed by atoms with Crippen LogP contribution in [0.3, 0.4) is 0 Å². The van der Waals surface area contributed by atoms with Gasteiger partial charge < -0.3 is 15.5 Å². The summed E-state index contributed by atoms with van der Waals surface area (Å²) in [5, 5.41) is 5.51. The number of benzene rings is 1. The quantitative estimate of drug-likeness (QED) is 0.584. The molecule has 7 heteroatoms. The van der Waals surface area contributed by atoms with Gasteiger partial charge in [0.25, 0.3) is 5.91 Å². The van der Waals surface area contributed by atoms with Crippen LogP contribution < -0.4 is 10.6 Å². The monoisotopic (exact) mass is 410 g/mol. The van der Waals surface area contributed by atoms with E-state index in [1.54, 1.807) is 48.7 Å². The Balaban J connectivity index is 1.83. The second kappa shape index (κ2) is 12.4. The van der Waals surface area contributed by atoms with Crippen LogP contribution in [-0.2, 0) is 9.59 Å². The number of carbonyl (C=O) groups is 3. The Kier molecular flexibility index (Phi) is 9.51. The van der Waals surface area contributed by atoms with Crippen molar-refractivity contribution in [2.75, 3.05) is 23.7 Å². The van der Waals surface area contributed by atoms with Gasteiger partial charge in [-0.05, 0) is 49.6 Å². The molecule has 0 aliphatic rings. The number of nitrogens with zero attached hydrogens (tertiary/aromatic N) is 2. The van der Waals surface area contributed by atoms with E-state index in [-0.39, 0.29) is 24.1 Å². The molecule has 2 N–H and O–H groups in total. The fourth-order valence-corrected chi connectivity index (χ4v) is 3.05. The van der Waals surface area contributed by atoms with Gasteiger partial charge in [-0.25, -0.2) is 4.98 Å². The van der Waals surface area contributed by atoms with E-state index >= 15 is 0 Å². The summed E-state index contributed by atoms with van der Waals surface area (Å²) in [6.07, 6.45) is 4.56. The summed E-state index contributed by atoms with van der Waals surface area (Å²) in [7, 11) is 0. The van der Waals surface area contributed by atoms with Crippen molar-refractivity contribution < 1.29 is 14.4 Å². The Morgan fingerprint density at radius 1 is 0.933 bits per heavy atom. The first-order chi connectivity index (χ1) is 14.5. The van der Waals surface area contributed by atoms with E-state index in [0.29, 0.717) is 29.9 Å². The van der Waals surface area contributed by atoms with Crippen LogP contribution in [0.15, 0.2) is 48.7 Å². The lowest BCUT2D eigenvalue weighted by Gasteiger charge is -2.21. The minimum Gasteiger partial charge on any atom is -0.343 e. The largest absolute Gasteiger partial charge is 0.343 e. The zero-order valence-corrected chi connectivity index (χ0v) is 17.7. The average Bonchev–Trinajstić information content (AvgIpc) is 2.74. The van der Waals surface area contributed by atoms with Crippen molar-refractivity contribution >= 4 is 29.2 Å². The lowest BCUT2D eigenvalue weighted by Crippen LogP contribution is -2.32. The van der Waals surface area contributed by atoms with Gasteiger partial charge in [-0.1, -0.05) is 26.0 Å². The maximum Gasteiger partial charge on any atom is 0.256 e. The molecular formula is C23H30N4O3. The van der Waals surface area contributed by atoms with E-state index in [1.165, 1.54) is 0 Å². The van der Waals surface area contributed by atoms with Crippen LogP contribution in [0.5, 0.6) is 0 Å². The maximum absolute atomic E-state index is 12.4. The lowest BCUT2D eigenvalue weighted by molar-refractivity contribution is -0.131. The Morgan fingerprint density at radius 3 is 2.37 bits per heavy atom. The van der Waals surface area contributed by atoms with E-state index < -0.39 is 0 Å². The Morgan fingerprint density at radius 2 is 1.70 bits per heavy atom. The number of pyridine rings is 1. The van der Waals surface area contributed by atoms with Crippen molar-refractivity contribution in [2.45, 2.75) is 46.0 Å². The molecule has 0 radical (unpaired) electrons. The highest BCUT2D eigenvalue weighted by Gasteiger charge is 2.13. The molecule has 30 heavy (non-hydrogen) atoms. The summed E-state index contributed by atoms with van der Waals surface area (Å²) >= 11 is 0. The molecule has 1 aromatic heterocycles. The van der Waals surface area contributed by atoms with Gasteiger partial charge in [0.15, 0.2) is 0 Å². The van der Waals surface area contributed by atoms with Gasteiger partial charge in [-0.2, -0.15) is 0 Å². The van der Waals surface area contributed by atoms with Crippen molar-refractivity contribution in [3.8, 4) is 0 Å². The number of aromatic nitrogens is 1. The normalized spacial score (nSPS) is 10.3. The molecule has 0 unspecified atom stereocenters. The molecule has 1 heterocycles. The molecule has 0 saturated heterocycles. The minimum absolute atomic E-state index is 0.0969. The zero-order chi connectivity index (χ0) is 21.8. The Hall–Kier alpha value is -3.22. The Labute approximate surface area is 177 Å². The zero-order valence-electron chi connectivity index (χ0n) is 17.7. The highest BCUT2D eigenvalue weighted by Crippen LogP contribution is 2.14. The number of anilines is 2. The van der Waals surface area contributed by atoms with Gasteiger partial charge in [0.1, 0.15) is 5.82 Å². The van der Waals surface area contributed by atoms with E-state index in [9.17, 15) is 14.4 Å². The fourth-order valence-electron chi connectivity index (χ4n) is 3.05. The van der Waals surface area contributed by atoms with Crippen LogP contribution in [0.1, 0.15) is 56.3 Å². The predicted molar refractivity (Wildman–Crippen MR) is 118 cm³/mol. The number of nitrogens with one attached hydrogen (secondary N) is 2. The SMILES string of the molecule is CCCN(CCC)C(=O)CCCC(=O)Nc1cccc(C(=O)Nc2ccccn2)c1. The van der Waals surface area contributed by atoms with Crippen LogP contribution in [0.4, 0.5) is 11.5 Å². The number of rotatable bonds is 11. The van der Waals surface area contributed by atoms with Crippen LogP contribution in [0.2, 0.25) is 0 Å². The fraction of sp³-hybridized carbons (Fsp3) is 0.391. The second-order valence-corrected chi connectivity index (χ2v) is 7.03. The van der Waals surface area contributed by atoms with E-state index in [1.807, 2.05) is 18.7 Å². The molecule has 3 amide bonds. The molecule has 2 rings (SSSR count). The molecule has 0 fully saturated rings. The molecule has 0 atom stereocenters. The highest BCUT2D eigenvalue weighted by molar-refractivity contribution is 6.04. The first kappa shape index (κ1) is 23.1. The number of hydrogen-bond donors (Lipinski definition) is 2. The maximum atomic E-state index is 12.4. The molecule has 0 saturated carbocycles. The first-order valence-corrected chi connectivity index (χ1v) is 10.4. The molecule has 0 bridgehead atoms. The van der Waals surface area contributed by atoms with Crippen LogP contribution in [0, 0.1) is 0 Å². The third-order valence-electron chi connectivity index (χ3n) is 4.45. The van der Waals surface area contributed by atoms with Gasteiger partial charge in [-0.15, -0.1) is 0 Å². The van der Waals surface area contributed by atoms with Gasteiger partial charge in [-0.3, -0.25) is 14.4 Å². The molecule has 160 valence electrons. The standard InChI is InChI=1S/C23H30N4O3/c1-3-15-27(16-4-2)22(29)13-8-12-21(28)25-19-10-7-9-18(17-19)23(30)26-20-11-5-6-14-24-20/h5-7,9-11,14,17H,3-4,8,12-13,15-16H2,1-2H3,(H,25,28)(H,24,26,30). The van der Waals surface area contributed by atoms with Gasteiger partial charge in [0.2, 0.25) is 11.8 Å². The second-order valence-electron chi connectivity index (χ2n) is 7.03. The summed E-state index contributed by atoms with van der Waals surface area (Å²) in [4.78, 5) is 42.8. The third-order valence-corrected chi connectivity index (χ3v) is 4.45. The molecule has 7 nitrogen and oxygen atoms in total. The molecule has 2 aromatic rings. The van der Waals surface area contributed by atoms with Crippen molar-refractivity contribution in [3.63, 3.8) is 0 Å². The minimum atomic E-state index is -0.303. The smallest absolute Gasteiger partial charge is 0.256 e. The summed E-state index contributed by atoms with van der Waals surface area (Å²) < 4.78 is 0. The van der Waals surface area contributed by atoms with Crippen LogP contribution in [-0.4, -0.2) is 40.7 Å². The molecule has 0 spiro atoms. The number of amides is 3. The van der Waals surface area contributed by atoms with Crippen molar-refractivity contribution in [2.24, 2.45) is 0 Å². The van der Waals surface area contributed by atoms with Crippen molar-refractivity contribution in [3.05, 3.63) is 54.2 Å². The number of hydrogen-bond acceptors (Lipinski definition) is 4. The molecule has 0 aliphatic heterocycles. The van der Waals surface area contributed by atoms with Gasteiger partial charge in [0, 0.05) is 43.4 Å². The van der Waals surface area contributed by atoms with E-state index in [2.05, 4.69) is 15.6 Å². The average molecular weight is 411 g/mol. The summed E-state index contributed by atoms with van der Waals surface area (Å²) in [6, 6.07) is 12.0. The van der Waals surface area contributed by atoms with Gasteiger partial charge >= 0.3 is 0 Å². The molecule has 0 aliphatic carbocycles. The lowest BCUT2D eigenvalue weighted by atomic mass is 10.1. The first-order valence-electron chi connectivity index (χ1n) is 10.4. The van der Waals surface area contributed by atoms with E-state index in [0.717, 1.165) is 25.9 Å². The van der Waals surface area contributed by atoms with Crippen molar-refractivity contribution in [1.82, 2.24) is 9.88 Å². The number of carbonyl (C=O) groups excluding carboxylic acids is 3. The topological polar surface area (TPSA) is 91.4 Å². The highest BCUT2D eigenvalue weighted by atomic mass is 16.2. The van der Waals surface area contributed by atoms with Gasteiger partial charge in [0.05, 0.1) is 0 Å². The summed E-state index contributed by atoms with van der Waals surface area (Å²) in [5.41, 5.74) is 0.960. The van der Waals surface area contributed by atoms with Crippen LogP contribution in [0.25, 0.3) is 0 Å². The molecule has 1 aromatic carbocycles. The van der Waals surface area contributed by atoms with E-state index in [4.69, 9.17) is 0 Å². The Bertz CT molecular complexity index is 833. The summed E-state index contributed by atoms with van der Waals surface area (Å²) in [5.74, 6) is 0.0754.